The van der Waals surface area contributed by atoms with Crippen molar-refractivity contribution in [1.29, 1.82) is 0 Å². The molecule has 1 aromatic rings. The molecule has 0 N–H and O–H groups in total. The highest BCUT2D eigenvalue weighted by Gasteiger charge is 2.33. The highest BCUT2D eigenvalue weighted by atomic mass is 16.5. The Morgan fingerprint density at radius 2 is 1.40 bits per heavy atom. The molecule has 2 atom stereocenters. The Labute approximate surface area is 89.5 Å². The summed E-state index contributed by atoms with van der Waals surface area (Å²) in [6, 6.07) is 4.25. The molecule has 3 rings (SSSR count). The van der Waals surface area contributed by atoms with Gasteiger partial charge in [-0.15, -0.1) is 0 Å². The van der Waals surface area contributed by atoms with Crippen molar-refractivity contribution in [1.82, 2.24) is 0 Å². The summed E-state index contributed by atoms with van der Waals surface area (Å²) in [7, 11) is 3.38. The molecular formula is C13H14O2. The molecule has 2 nitrogen and oxygen atoms in total. The molecule has 0 unspecified atom stereocenters. The number of allylic oxidation sites excluding steroid dienone is 2. The third-order valence-corrected chi connectivity index (χ3v) is 3.47. The maximum Gasteiger partial charge on any atom is 0.161 e. The Kier molecular flexibility index (Phi) is 1.78. The Bertz CT molecular complexity index is 395. The van der Waals surface area contributed by atoms with Crippen molar-refractivity contribution in [2.75, 3.05) is 14.2 Å². The summed E-state index contributed by atoms with van der Waals surface area (Å²) >= 11 is 0. The summed E-state index contributed by atoms with van der Waals surface area (Å²) in [5, 5.41) is 0. The first kappa shape index (κ1) is 8.84. The van der Waals surface area contributed by atoms with Crippen LogP contribution in [0.3, 0.4) is 0 Å². The number of rotatable bonds is 2. The number of ether oxygens (including phenoxy) is 2. The highest BCUT2D eigenvalue weighted by Crippen LogP contribution is 2.51. The van der Waals surface area contributed by atoms with Gasteiger partial charge in [0.05, 0.1) is 14.2 Å². The van der Waals surface area contributed by atoms with E-state index in [0.717, 1.165) is 11.5 Å². The van der Waals surface area contributed by atoms with E-state index in [9.17, 15) is 0 Å². The van der Waals surface area contributed by atoms with Crippen LogP contribution in [0.1, 0.15) is 29.4 Å². The lowest BCUT2D eigenvalue weighted by atomic mass is 9.96. The van der Waals surface area contributed by atoms with Crippen molar-refractivity contribution in [3.05, 3.63) is 35.4 Å². The van der Waals surface area contributed by atoms with Crippen molar-refractivity contribution in [3.63, 3.8) is 0 Å². The molecule has 0 spiro atoms. The van der Waals surface area contributed by atoms with Gasteiger partial charge in [-0.1, -0.05) is 12.2 Å². The largest absolute Gasteiger partial charge is 0.493 e. The van der Waals surface area contributed by atoms with Gasteiger partial charge >= 0.3 is 0 Å². The number of hydrogen-bond acceptors (Lipinski definition) is 2. The van der Waals surface area contributed by atoms with Crippen LogP contribution in [-0.4, -0.2) is 14.2 Å². The van der Waals surface area contributed by atoms with Crippen LogP contribution in [0.4, 0.5) is 0 Å². The molecule has 0 fully saturated rings. The predicted molar refractivity (Wildman–Crippen MR) is 58.8 cm³/mol. The van der Waals surface area contributed by atoms with E-state index in [-0.39, 0.29) is 0 Å². The van der Waals surface area contributed by atoms with E-state index < -0.39 is 0 Å². The van der Waals surface area contributed by atoms with Crippen LogP contribution in [0.25, 0.3) is 0 Å². The normalized spacial score (nSPS) is 25.5. The minimum Gasteiger partial charge on any atom is -0.493 e. The SMILES string of the molecule is COc1cc2c(cc1OC)[C@H]1C=C[C@H]2C1. The molecule has 0 aromatic heterocycles. The van der Waals surface area contributed by atoms with Gasteiger partial charge < -0.3 is 9.47 Å². The molecule has 2 aliphatic rings. The second-order valence-corrected chi connectivity index (χ2v) is 4.17. The maximum atomic E-state index is 5.32. The lowest BCUT2D eigenvalue weighted by molar-refractivity contribution is 0.354. The van der Waals surface area contributed by atoms with Gasteiger partial charge in [0, 0.05) is 11.8 Å². The monoisotopic (exact) mass is 202 g/mol. The summed E-state index contributed by atoms with van der Waals surface area (Å²) in [4.78, 5) is 0. The molecule has 0 saturated carbocycles. The highest BCUT2D eigenvalue weighted by molar-refractivity contribution is 5.56. The zero-order valence-corrected chi connectivity index (χ0v) is 8.99. The summed E-state index contributed by atoms with van der Waals surface area (Å²) in [5.41, 5.74) is 2.83. The Hall–Kier alpha value is -1.44. The van der Waals surface area contributed by atoms with Crippen molar-refractivity contribution in [2.24, 2.45) is 0 Å². The number of methoxy groups -OCH3 is 2. The number of fused-ring (bicyclic) bond motifs is 5. The average Bonchev–Trinajstić information content (AvgIpc) is 2.88. The van der Waals surface area contributed by atoms with Crippen LogP contribution < -0.4 is 9.47 Å². The average molecular weight is 202 g/mol. The van der Waals surface area contributed by atoms with Crippen molar-refractivity contribution in [3.8, 4) is 11.5 Å². The van der Waals surface area contributed by atoms with Crippen molar-refractivity contribution >= 4 is 0 Å². The summed E-state index contributed by atoms with van der Waals surface area (Å²) in [6.45, 7) is 0. The van der Waals surface area contributed by atoms with Gasteiger partial charge in [0.1, 0.15) is 0 Å². The zero-order chi connectivity index (χ0) is 10.4. The van der Waals surface area contributed by atoms with Gasteiger partial charge in [0.2, 0.25) is 0 Å². The first-order chi connectivity index (χ1) is 7.33. The fraction of sp³-hybridized carbons (Fsp3) is 0.385. The molecule has 0 saturated heterocycles. The lowest BCUT2D eigenvalue weighted by Crippen LogP contribution is -1.97. The fourth-order valence-electron chi connectivity index (χ4n) is 2.71. The molecule has 2 heteroatoms. The van der Waals surface area contributed by atoms with Crippen LogP contribution in [0.15, 0.2) is 24.3 Å². The molecule has 0 aliphatic heterocycles. The standard InChI is InChI=1S/C13H14O2/c1-14-12-6-10-8-3-4-9(5-8)11(10)7-13(12)15-2/h3-4,6-9H,5H2,1-2H3/t8-,9-/m0/s1. The third kappa shape index (κ3) is 1.11. The second kappa shape index (κ2) is 3.02. The van der Waals surface area contributed by atoms with E-state index in [4.69, 9.17) is 9.47 Å². The van der Waals surface area contributed by atoms with E-state index in [1.54, 1.807) is 14.2 Å². The molecule has 78 valence electrons. The van der Waals surface area contributed by atoms with Gasteiger partial charge in [-0.3, -0.25) is 0 Å². The fourth-order valence-corrected chi connectivity index (χ4v) is 2.71. The van der Waals surface area contributed by atoms with E-state index in [0.29, 0.717) is 11.8 Å². The van der Waals surface area contributed by atoms with E-state index in [1.807, 2.05) is 0 Å². The molecule has 2 bridgehead atoms. The summed E-state index contributed by atoms with van der Waals surface area (Å²) in [6.07, 6.45) is 5.84. The smallest absolute Gasteiger partial charge is 0.161 e. The maximum absolute atomic E-state index is 5.32. The van der Waals surface area contributed by atoms with Crippen LogP contribution in [0.5, 0.6) is 11.5 Å². The Morgan fingerprint density at radius 1 is 0.933 bits per heavy atom. The van der Waals surface area contributed by atoms with Crippen LogP contribution >= 0.6 is 0 Å². The molecule has 0 radical (unpaired) electrons. The van der Waals surface area contributed by atoms with Gasteiger partial charge in [0.25, 0.3) is 0 Å². The van der Waals surface area contributed by atoms with Crippen LogP contribution in [-0.2, 0) is 0 Å². The molecule has 15 heavy (non-hydrogen) atoms. The van der Waals surface area contributed by atoms with E-state index >= 15 is 0 Å². The summed E-state index contributed by atoms with van der Waals surface area (Å²) in [5.74, 6) is 2.89. The topological polar surface area (TPSA) is 18.5 Å². The molecule has 2 aliphatic carbocycles. The first-order valence-corrected chi connectivity index (χ1v) is 5.27. The van der Waals surface area contributed by atoms with E-state index in [1.165, 1.54) is 17.5 Å². The Morgan fingerprint density at radius 3 is 1.80 bits per heavy atom. The van der Waals surface area contributed by atoms with Crippen molar-refractivity contribution < 1.29 is 9.47 Å². The van der Waals surface area contributed by atoms with E-state index in [2.05, 4.69) is 24.3 Å². The molecule has 0 heterocycles. The van der Waals surface area contributed by atoms with Gasteiger partial charge in [-0.25, -0.2) is 0 Å². The van der Waals surface area contributed by atoms with Crippen LogP contribution in [0.2, 0.25) is 0 Å². The number of benzene rings is 1. The summed E-state index contributed by atoms with van der Waals surface area (Å²) < 4.78 is 10.6. The minimum atomic E-state index is 0.602. The van der Waals surface area contributed by atoms with Crippen LogP contribution in [0, 0.1) is 0 Å². The zero-order valence-electron chi connectivity index (χ0n) is 8.99. The molecule has 0 amide bonds. The minimum absolute atomic E-state index is 0.602. The van der Waals surface area contributed by atoms with Gasteiger partial charge in [0.15, 0.2) is 11.5 Å². The number of hydrogen-bond donors (Lipinski definition) is 0. The lowest BCUT2D eigenvalue weighted by Gasteiger charge is -2.15. The molecular weight excluding hydrogens is 188 g/mol. The first-order valence-electron chi connectivity index (χ1n) is 5.27. The quantitative estimate of drug-likeness (QED) is 0.686. The third-order valence-electron chi connectivity index (χ3n) is 3.47. The van der Waals surface area contributed by atoms with Crippen molar-refractivity contribution in [2.45, 2.75) is 18.3 Å². The predicted octanol–water partition coefficient (Wildman–Crippen LogP) is 2.84. The molecule has 1 aromatic carbocycles. The second-order valence-electron chi connectivity index (χ2n) is 4.17. The van der Waals surface area contributed by atoms with Gasteiger partial charge in [-0.05, 0) is 29.7 Å². The van der Waals surface area contributed by atoms with Gasteiger partial charge in [-0.2, -0.15) is 0 Å². The Balaban J connectivity index is 2.15.